The zero-order valence-corrected chi connectivity index (χ0v) is 21.7. The van der Waals surface area contributed by atoms with E-state index in [2.05, 4.69) is 22.2 Å². The number of nitrogens with one attached hydrogen (secondary N) is 1. The van der Waals surface area contributed by atoms with Crippen LogP contribution in [-0.2, 0) is 10.0 Å². The summed E-state index contributed by atoms with van der Waals surface area (Å²) in [5.41, 5.74) is 2.36. The third-order valence-corrected chi connectivity index (χ3v) is 8.88. The highest BCUT2D eigenvalue weighted by Crippen LogP contribution is 2.41. The Morgan fingerprint density at radius 1 is 1.14 bits per heavy atom. The predicted molar refractivity (Wildman–Crippen MR) is 140 cm³/mol. The quantitative estimate of drug-likeness (QED) is 0.347. The summed E-state index contributed by atoms with van der Waals surface area (Å²) in [5.74, 6) is 0.186. The van der Waals surface area contributed by atoms with Crippen molar-refractivity contribution < 1.29 is 18.0 Å². The number of amides is 1. The highest BCUT2D eigenvalue weighted by Gasteiger charge is 2.34. The minimum Gasteiger partial charge on any atom is -0.354 e. The SMILES string of the molecule is CNC(=O)c1cc(C(=O)C[C@H]2C[C@@H]2C)cc(C(C)c2cncc3c2ccn3S(=O)(=O)c2ccccc2)n1. The number of carbonyl (C=O) groups excluding carboxylic acids is 2. The van der Waals surface area contributed by atoms with Gasteiger partial charge in [0.05, 0.1) is 16.6 Å². The molecular weight excluding hydrogens is 488 g/mol. The van der Waals surface area contributed by atoms with Gasteiger partial charge >= 0.3 is 0 Å². The number of ketones is 1. The van der Waals surface area contributed by atoms with Crippen LogP contribution in [0.4, 0.5) is 0 Å². The Labute approximate surface area is 215 Å². The Bertz CT molecular complexity index is 1610. The molecule has 0 spiro atoms. The summed E-state index contributed by atoms with van der Waals surface area (Å²) >= 11 is 0. The summed E-state index contributed by atoms with van der Waals surface area (Å²) in [6.45, 7) is 4.04. The van der Waals surface area contributed by atoms with Crippen LogP contribution in [0.25, 0.3) is 10.9 Å². The van der Waals surface area contributed by atoms with E-state index in [1.165, 1.54) is 23.4 Å². The van der Waals surface area contributed by atoms with Crippen LogP contribution >= 0.6 is 0 Å². The van der Waals surface area contributed by atoms with Gasteiger partial charge in [-0.05, 0) is 54.2 Å². The van der Waals surface area contributed by atoms with Crippen molar-refractivity contribution in [2.45, 2.75) is 37.5 Å². The number of rotatable bonds is 8. The average Bonchev–Trinajstić information content (AvgIpc) is 3.42. The van der Waals surface area contributed by atoms with Crippen LogP contribution in [0, 0.1) is 11.8 Å². The summed E-state index contributed by atoms with van der Waals surface area (Å²) in [7, 11) is -2.29. The molecule has 1 fully saturated rings. The molecular formula is C28H28N4O4S. The van der Waals surface area contributed by atoms with E-state index in [9.17, 15) is 18.0 Å². The maximum Gasteiger partial charge on any atom is 0.269 e. The second-order valence-electron chi connectivity index (χ2n) is 9.66. The Kier molecular flexibility index (Phi) is 6.41. The molecule has 3 heterocycles. The van der Waals surface area contributed by atoms with Gasteiger partial charge in [-0.3, -0.25) is 14.6 Å². The molecule has 37 heavy (non-hydrogen) atoms. The molecule has 4 aromatic rings. The van der Waals surface area contributed by atoms with Crippen molar-refractivity contribution in [3.8, 4) is 0 Å². The second kappa shape index (κ2) is 9.55. The number of fused-ring (bicyclic) bond motifs is 1. The van der Waals surface area contributed by atoms with Gasteiger partial charge < -0.3 is 5.32 Å². The van der Waals surface area contributed by atoms with Gasteiger partial charge in [0, 0.05) is 48.4 Å². The van der Waals surface area contributed by atoms with Crippen molar-refractivity contribution in [2.24, 2.45) is 11.8 Å². The van der Waals surface area contributed by atoms with E-state index in [-0.39, 0.29) is 28.2 Å². The zero-order chi connectivity index (χ0) is 26.3. The first-order valence-corrected chi connectivity index (χ1v) is 13.7. The molecule has 3 aromatic heterocycles. The zero-order valence-electron chi connectivity index (χ0n) is 20.9. The molecule has 5 rings (SSSR count). The van der Waals surface area contributed by atoms with Crippen molar-refractivity contribution in [3.63, 3.8) is 0 Å². The summed E-state index contributed by atoms with van der Waals surface area (Å²) < 4.78 is 27.8. The maximum atomic E-state index is 13.3. The van der Waals surface area contributed by atoms with E-state index in [0.717, 1.165) is 12.0 Å². The van der Waals surface area contributed by atoms with Crippen molar-refractivity contribution in [3.05, 3.63) is 89.6 Å². The Morgan fingerprint density at radius 2 is 1.86 bits per heavy atom. The van der Waals surface area contributed by atoms with Gasteiger partial charge in [-0.1, -0.05) is 32.0 Å². The van der Waals surface area contributed by atoms with Crippen LogP contribution in [0.1, 0.15) is 64.7 Å². The lowest BCUT2D eigenvalue weighted by atomic mass is 9.93. The van der Waals surface area contributed by atoms with E-state index in [1.54, 1.807) is 54.7 Å². The number of nitrogens with zero attached hydrogens (tertiary/aromatic N) is 3. The first kappa shape index (κ1) is 24.8. The summed E-state index contributed by atoms with van der Waals surface area (Å²) in [6, 6.07) is 13.3. The summed E-state index contributed by atoms with van der Waals surface area (Å²) in [6.07, 6.45) is 6.20. The Morgan fingerprint density at radius 3 is 2.54 bits per heavy atom. The minimum absolute atomic E-state index is 0.00760. The van der Waals surface area contributed by atoms with Crippen LogP contribution in [0.5, 0.6) is 0 Å². The molecule has 8 nitrogen and oxygen atoms in total. The normalized spacial score (nSPS) is 17.9. The first-order valence-electron chi connectivity index (χ1n) is 12.2. The molecule has 1 aromatic carbocycles. The molecule has 9 heteroatoms. The van der Waals surface area contributed by atoms with Crippen LogP contribution in [0.2, 0.25) is 0 Å². The Hall–Kier alpha value is -3.85. The fraction of sp³-hybridized carbons (Fsp3) is 0.286. The fourth-order valence-corrected chi connectivity index (χ4v) is 6.05. The van der Waals surface area contributed by atoms with E-state index in [0.29, 0.717) is 40.4 Å². The molecule has 3 atom stereocenters. The van der Waals surface area contributed by atoms with E-state index < -0.39 is 10.0 Å². The molecule has 0 aliphatic heterocycles. The van der Waals surface area contributed by atoms with E-state index in [4.69, 9.17) is 0 Å². The molecule has 1 aliphatic rings. The first-order chi connectivity index (χ1) is 17.7. The lowest BCUT2D eigenvalue weighted by Gasteiger charge is -2.16. The van der Waals surface area contributed by atoms with E-state index in [1.807, 2.05) is 6.92 Å². The molecule has 0 radical (unpaired) electrons. The average molecular weight is 517 g/mol. The number of hydrogen-bond acceptors (Lipinski definition) is 6. The number of pyridine rings is 2. The maximum absolute atomic E-state index is 13.3. The fourth-order valence-electron chi connectivity index (χ4n) is 4.69. The standard InChI is InChI=1S/C28H28N4O4S/c1-17-11-19(17)14-27(33)20-12-24(31-25(13-20)28(34)29-3)18(2)23-15-30-16-26-22(23)9-10-32(26)37(35,36)21-7-5-4-6-8-21/h4-10,12-13,15-19H,11,14H2,1-3H3,(H,29,34)/t17-,18?,19+/m0/s1. The Balaban J connectivity index is 1.57. The molecule has 0 bridgehead atoms. The van der Waals surface area contributed by atoms with Gasteiger partial charge in [0.25, 0.3) is 15.9 Å². The van der Waals surface area contributed by atoms with Gasteiger partial charge in [-0.15, -0.1) is 0 Å². The van der Waals surface area contributed by atoms with Crippen molar-refractivity contribution in [2.75, 3.05) is 7.05 Å². The van der Waals surface area contributed by atoms with E-state index >= 15 is 0 Å². The predicted octanol–water partition coefficient (Wildman–Crippen LogP) is 4.41. The molecule has 1 aliphatic carbocycles. The highest BCUT2D eigenvalue weighted by molar-refractivity contribution is 7.90. The number of benzene rings is 1. The van der Waals surface area contributed by atoms with Crippen LogP contribution in [-0.4, -0.2) is 41.1 Å². The lowest BCUT2D eigenvalue weighted by molar-refractivity contribution is 0.0958. The third-order valence-electron chi connectivity index (χ3n) is 7.17. The molecule has 1 unspecified atom stereocenters. The van der Waals surface area contributed by atoms with Gasteiger partial charge in [0.2, 0.25) is 0 Å². The van der Waals surface area contributed by atoms with Gasteiger partial charge in [0.15, 0.2) is 5.78 Å². The lowest BCUT2D eigenvalue weighted by Crippen LogP contribution is -2.21. The van der Waals surface area contributed by atoms with Crippen molar-refractivity contribution in [1.29, 1.82) is 0 Å². The number of Topliss-reactive ketones (excluding diaryl/α,β-unsaturated/α-hetero) is 1. The number of hydrogen-bond donors (Lipinski definition) is 1. The van der Waals surface area contributed by atoms with Gasteiger partial charge in [-0.2, -0.15) is 0 Å². The molecule has 1 saturated carbocycles. The smallest absolute Gasteiger partial charge is 0.269 e. The minimum atomic E-state index is -3.82. The van der Waals surface area contributed by atoms with Crippen molar-refractivity contribution in [1.82, 2.24) is 19.3 Å². The molecule has 0 saturated heterocycles. The van der Waals surface area contributed by atoms with Crippen LogP contribution in [0.15, 0.2) is 72.0 Å². The summed E-state index contributed by atoms with van der Waals surface area (Å²) in [4.78, 5) is 34.6. The molecule has 1 amide bonds. The summed E-state index contributed by atoms with van der Waals surface area (Å²) in [5, 5.41) is 3.29. The number of aromatic nitrogens is 3. The van der Waals surface area contributed by atoms with Crippen LogP contribution in [0.3, 0.4) is 0 Å². The van der Waals surface area contributed by atoms with Crippen LogP contribution < -0.4 is 5.32 Å². The molecule has 1 N–H and O–H groups in total. The largest absolute Gasteiger partial charge is 0.354 e. The highest BCUT2D eigenvalue weighted by atomic mass is 32.2. The topological polar surface area (TPSA) is 111 Å². The third kappa shape index (κ3) is 4.67. The second-order valence-corrected chi connectivity index (χ2v) is 11.5. The van der Waals surface area contributed by atoms with Gasteiger partial charge in [-0.25, -0.2) is 17.4 Å². The van der Waals surface area contributed by atoms with Crippen molar-refractivity contribution >= 4 is 32.6 Å². The number of carbonyl (C=O) groups is 2. The van der Waals surface area contributed by atoms with Gasteiger partial charge in [0.1, 0.15) is 5.69 Å². The monoisotopic (exact) mass is 516 g/mol. The molecule has 190 valence electrons.